The molecular weight excluding hydrogens is 521 g/mol. The number of hydrogen-bond donors (Lipinski definition) is 0. The molecule has 0 radical (unpaired) electrons. The van der Waals surface area contributed by atoms with Gasteiger partial charge in [-0.1, -0.05) is 4.20 Å². The summed E-state index contributed by atoms with van der Waals surface area (Å²) in [4.78, 5) is 0. The van der Waals surface area contributed by atoms with E-state index in [2.05, 4.69) is 39.3 Å². The first-order chi connectivity index (χ1) is 13.6. The molecule has 0 spiro atoms. The third kappa shape index (κ3) is 34.7. The van der Waals surface area contributed by atoms with Gasteiger partial charge in [0.1, 0.15) is 0 Å². The molecule has 0 bridgehead atoms. The van der Waals surface area contributed by atoms with Gasteiger partial charge in [0, 0.05) is 6.42 Å². The predicted octanol–water partition coefficient (Wildman–Crippen LogP) is 10.3. The van der Waals surface area contributed by atoms with E-state index in [1.54, 1.807) is 0 Å². The minimum atomic E-state index is -4.83. The quantitative estimate of drug-likeness (QED) is 0.163. The molecule has 0 aliphatic rings. The van der Waals surface area contributed by atoms with E-state index in [9.17, 15) is 38.9 Å². The van der Waals surface area contributed by atoms with Gasteiger partial charge in [-0.25, -0.2) is 4.39 Å². The summed E-state index contributed by atoms with van der Waals surface area (Å²) in [5, 5.41) is 0. The van der Waals surface area contributed by atoms with Crippen LogP contribution in [0.2, 0.25) is 39.3 Å². The van der Waals surface area contributed by atoms with Crippen molar-refractivity contribution in [3.8, 4) is 0 Å². The molecule has 0 aromatic carbocycles. The van der Waals surface area contributed by atoms with Gasteiger partial charge in [0.15, 0.2) is 30.0 Å². The maximum Gasteiger partial charge on any atom is 0.301 e. The molecule has 0 unspecified atom stereocenters. The summed E-state index contributed by atoms with van der Waals surface area (Å²) in [7, 11) is -9.91. The Balaban J connectivity index is -0.000000398. The van der Waals surface area contributed by atoms with Gasteiger partial charge in [0.05, 0.1) is 19.5 Å². The van der Waals surface area contributed by atoms with Gasteiger partial charge < -0.3 is 4.12 Å². The van der Waals surface area contributed by atoms with Crippen LogP contribution in [0.15, 0.2) is 23.8 Å². The van der Waals surface area contributed by atoms with Crippen molar-refractivity contribution in [1.82, 2.24) is 0 Å². The summed E-state index contributed by atoms with van der Waals surface area (Å²) in [6, 6.07) is 0. The Hall–Kier alpha value is 0.104. The van der Waals surface area contributed by atoms with Crippen LogP contribution < -0.4 is 0 Å². The summed E-state index contributed by atoms with van der Waals surface area (Å²) >= 11 is 0. The fraction of sp³-hybridized carbons (Fsp3) is 0.778. The van der Waals surface area contributed by atoms with Crippen LogP contribution in [0.25, 0.3) is 0 Å². The van der Waals surface area contributed by atoms with E-state index in [1.165, 1.54) is 13.3 Å². The number of halogens is 9. The molecule has 0 rings (SSSR count). The predicted molar refractivity (Wildman–Crippen MR) is 128 cm³/mol. The molecule has 0 saturated carbocycles. The van der Waals surface area contributed by atoms with Crippen molar-refractivity contribution in [2.75, 3.05) is 39.0 Å². The van der Waals surface area contributed by atoms with Gasteiger partial charge in [-0.05, 0) is 39.3 Å². The average molecular weight is 560 g/mol. The van der Waals surface area contributed by atoms with Gasteiger partial charge >= 0.3 is 72.7 Å². The van der Waals surface area contributed by atoms with Crippen molar-refractivity contribution >= 4 is 31.4 Å². The first kappa shape index (κ1) is 36.7. The molecule has 32 heavy (non-hydrogen) atoms. The Bertz CT molecular complexity index is 600. The minimum Gasteiger partial charge on any atom is -0.456 e. The van der Waals surface area contributed by atoms with Crippen LogP contribution in [-0.2, 0) is 4.12 Å². The summed E-state index contributed by atoms with van der Waals surface area (Å²) in [5.41, 5.74) is 0. The van der Waals surface area contributed by atoms with Crippen LogP contribution in [0.5, 0.6) is 0 Å². The molecular formula is C18H38F9OP2Si2+. The SMILES string of the molecule is CP(C)(F)(F)CCC(F)=C(F)F.C[P+](C)(F)CCC(F)=C(F)F.C[Si](C)(C)O[Si](C)(C)C. The Morgan fingerprint density at radius 1 is 0.719 bits per heavy atom. The van der Waals surface area contributed by atoms with E-state index < -0.39 is 74.3 Å². The first-order valence-corrected chi connectivity index (χ1v) is 22.4. The molecule has 0 atom stereocenters. The molecule has 0 fully saturated rings. The second-order valence-electron chi connectivity index (χ2n) is 10.2. The number of rotatable bonds is 8. The fourth-order valence-electron chi connectivity index (χ4n) is 1.88. The Labute approximate surface area is 189 Å². The first-order valence-electron chi connectivity index (χ1n) is 9.68. The second-order valence-corrected chi connectivity index (χ2v) is 27.6. The normalized spacial score (nSPS) is 13.5. The molecule has 0 amide bonds. The third-order valence-electron chi connectivity index (χ3n) is 2.83. The van der Waals surface area contributed by atoms with Gasteiger partial charge in [-0.3, -0.25) is 0 Å². The van der Waals surface area contributed by atoms with Gasteiger partial charge in [0.2, 0.25) is 0 Å². The molecule has 196 valence electrons. The van der Waals surface area contributed by atoms with Gasteiger partial charge in [-0.15, -0.1) is 0 Å². The molecule has 0 aromatic rings. The molecule has 0 N–H and O–H groups in total. The van der Waals surface area contributed by atoms with Crippen molar-refractivity contribution in [3.05, 3.63) is 23.8 Å². The molecule has 0 heterocycles. The molecule has 14 heteroatoms. The van der Waals surface area contributed by atoms with Crippen molar-refractivity contribution in [2.24, 2.45) is 0 Å². The minimum absolute atomic E-state index is 0.115. The maximum absolute atomic E-state index is 12.7. The van der Waals surface area contributed by atoms with Crippen molar-refractivity contribution in [1.29, 1.82) is 0 Å². The zero-order chi connectivity index (χ0) is 26.8. The van der Waals surface area contributed by atoms with E-state index in [0.29, 0.717) is 13.3 Å². The third-order valence-corrected chi connectivity index (χ3v) is 10.5. The summed E-state index contributed by atoms with van der Waals surface area (Å²) < 4.78 is 114. The largest absolute Gasteiger partial charge is 0.456 e. The van der Waals surface area contributed by atoms with Crippen LogP contribution in [-0.4, -0.2) is 55.6 Å². The number of hydrogen-bond acceptors (Lipinski definition) is 1. The maximum atomic E-state index is 12.7. The Morgan fingerprint density at radius 3 is 1.22 bits per heavy atom. The molecule has 0 aromatic heterocycles. The fourth-order valence-corrected chi connectivity index (χ4v) is 10.8. The van der Waals surface area contributed by atoms with Crippen molar-refractivity contribution < 1.29 is 43.0 Å². The van der Waals surface area contributed by atoms with E-state index >= 15 is 0 Å². The zero-order valence-corrected chi connectivity index (χ0v) is 24.3. The molecule has 0 aliphatic carbocycles. The second kappa shape index (κ2) is 13.9. The van der Waals surface area contributed by atoms with Crippen LogP contribution in [0.3, 0.4) is 0 Å². The Morgan fingerprint density at radius 2 is 1.03 bits per heavy atom. The van der Waals surface area contributed by atoms with Gasteiger partial charge in [-0.2, -0.15) is 8.78 Å². The molecule has 0 saturated heterocycles. The average Bonchev–Trinajstić information content (AvgIpc) is 2.45. The summed E-state index contributed by atoms with van der Waals surface area (Å²) in [6.07, 6.45) is -7.11. The standard InChI is InChI=1S/C6H10F5P.C6H10F4P.C6H18OSi2/c1-12(2,10,11)4-3-5(7)6(8)9;1-11(2,10)4-3-5(7)6(8)9;1-8(2,3)7-9(4,5)6/h3-4H2,1-2H3;3-4H2,1-2H3;1-6H3/q;+1;. The zero-order valence-electron chi connectivity index (χ0n) is 20.5. The van der Waals surface area contributed by atoms with E-state index in [4.69, 9.17) is 4.12 Å². The van der Waals surface area contributed by atoms with E-state index in [1.807, 2.05) is 0 Å². The Kier molecular flexibility index (Phi) is 15.9. The monoisotopic (exact) mass is 559 g/mol. The van der Waals surface area contributed by atoms with E-state index in [-0.39, 0.29) is 6.16 Å². The summed E-state index contributed by atoms with van der Waals surface area (Å²) in [6.45, 7) is 17.5. The number of allylic oxidation sites excluding steroid dienone is 2. The topological polar surface area (TPSA) is 9.23 Å². The van der Waals surface area contributed by atoms with Crippen LogP contribution in [0, 0.1) is 0 Å². The smallest absolute Gasteiger partial charge is 0.301 e. The van der Waals surface area contributed by atoms with Crippen molar-refractivity contribution in [2.45, 2.75) is 52.1 Å². The van der Waals surface area contributed by atoms with Gasteiger partial charge in [0.25, 0.3) is 0 Å². The van der Waals surface area contributed by atoms with Crippen LogP contribution in [0.4, 0.5) is 38.9 Å². The summed E-state index contributed by atoms with van der Waals surface area (Å²) in [5.74, 6) is -3.22. The van der Waals surface area contributed by atoms with E-state index in [0.717, 1.165) is 0 Å². The van der Waals surface area contributed by atoms with Crippen LogP contribution >= 0.6 is 14.8 Å². The molecule has 1 nitrogen and oxygen atoms in total. The van der Waals surface area contributed by atoms with Crippen LogP contribution in [0.1, 0.15) is 12.8 Å². The molecule has 0 aliphatic heterocycles. The van der Waals surface area contributed by atoms with Crippen molar-refractivity contribution in [3.63, 3.8) is 0 Å².